The number of anilines is 1. The smallest absolute Gasteiger partial charge is 0.231 e. The maximum Gasteiger partial charge on any atom is 0.231 e. The molecule has 0 aliphatic carbocycles. The molecule has 1 aliphatic rings. The second kappa shape index (κ2) is 5.27. The molecule has 0 fully saturated rings. The van der Waals surface area contributed by atoms with Crippen molar-refractivity contribution in [1.82, 2.24) is 0 Å². The average Bonchev–Trinajstić information content (AvgIpc) is 2.85. The molecule has 19 heavy (non-hydrogen) atoms. The van der Waals surface area contributed by atoms with Gasteiger partial charge < -0.3 is 20.5 Å². The highest BCUT2D eigenvalue weighted by Crippen LogP contribution is 2.39. The van der Waals surface area contributed by atoms with Crippen LogP contribution in [0, 0.1) is 5.41 Å². The molecule has 0 radical (unpaired) electrons. The Bertz CT molecular complexity index is 501. The van der Waals surface area contributed by atoms with E-state index in [1.165, 1.54) is 0 Å². The second-order valence-electron chi connectivity index (χ2n) is 4.76. The summed E-state index contributed by atoms with van der Waals surface area (Å²) in [5.41, 5.74) is 5.55. The van der Waals surface area contributed by atoms with E-state index in [2.05, 4.69) is 5.32 Å². The van der Waals surface area contributed by atoms with E-state index in [-0.39, 0.29) is 19.2 Å². The van der Waals surface area contributed by atoms with Gasteiger partial charge in [-0.3, -0.25) is 4.79 Å². The van der Waals surface area contributed by atoms with Crippen molar-refractivity contribution in [2.45, 2.75) is 20.3 Å². The Hall–Kier alpha value is -1.46. The van der Waals surface area contributed by atoms with Gasteiger partial charge in [0.1, 0.15) is 0 Å². The predicted molar refractivity (Wildman–Crippen MR) is 73.7 cm³/mol. The molecule has 1 amide bonds. The number of nitrogens with one attached hydrogen (secondary N) is 1. The number of halogens is 1. The van der Waals surface area contributed by atoms with E-state index in [1.807, 2.05) is 13.8 Å². The molecule has 5 nitrogen and oxygen atoms in total. The molecule has 1 atom stereocenters. The van der Waals surface area contributed by atoms with E-state index < -0.39 is 5.41 Å². The lowest BCUT2D eigenvalue weighted by Crippen LogP contribution is -2.39. The first kappa shape index (κ1) is 14.0. The van der Waals surface area contributed by atoms with E-state index in [1.54, 1.807) is 12.1 Å². The van der Waals surface area contributed by atoms with Crippen LogP contribution in [0.2, 0.25) is 5.02 Å². The number of ether oxygens (including phenoxy) is 2. The predicted octanol–water partition coefficient (Wildman–Crippen LogP) is 2.38. The maximum atomic E-state index is 12.2. The van der Waals surface area contributed by atoms with E-state index >= 15 is 0 Å². The summed E-state index contributed by atoms with van der Waals surface area (Å²) in [4.78, 5) is 12.2. The molecule has 104 valence electrons. The summed E-state index contributed by atoms with van der Waals surface area (Å²) in [6, 6.07) is 3.29. The Balaban J connectivity index is 2.22. The van der Waals surface area contributed by atoms with Crippen LogP contribution in [0.5, 0.6) is 11.5 Å². The summed E-state index contributed by atoms with van der Waals surface area (Å²) in [6.07, 6.45) is 0.650. The van der Waals surface area contributed by atoms with Gasteiger partial charge in [-0.2, -0.15) is 0 Å². The minimum Gasteiger partial charge on any atom is -0.454 e. The van der Waals surface area contributed by atoms with Gasteiger partial charge in [-0.25, -0.2) is 0 Å². The SMILES string of the molecule is CCC(C)(CN)C(=O)Nc1cc2c(cc1Cl)OCO2. The Morgan fingerprint density at radius 2 is 2.11 bits per heavy atom. The number of benzene rings is 1. The van der Waals surface area contributed by atoms with E-state index in [0.717, 1.165) is 0 Å². The number of carbonyl (C=O) groups is 1. The number of nitrogens with two attached hydrogens (primary N) is 1. The van der Waals surface area contributed by atoms with Crippen molar-refractivity contribution in [3.8, 4) is 11.5 Å². The van der Waals surface area contributed by atoms with Crippen LogP contribution in [0.3, 0.4) is 0 Å². The molecule has 1 aromatic carbocycles. The number of hydrogen-bond acceptors (Lipinski definition) is 4. The monoisotopic (exact) mass is 284 g/mol. The van der Waals surface area contributed by atoms with Gasteiger partial charge >= 0.3 is 0 Å². The lowest BCUT2D eigenvalue weighted by atomic mass is 9.86. The third kappa shape index (κ3) is 2.62. The van der Waals surface area contributed by atoms with Crippen molar-refractivity contribution in [2.24, 2.45) is 11.1 Å². The van der Waals surface area contributed by atoms with E-state index in [0.29, 0.717) is 28.6 Å². The molecule has 1 aromatic rings. The molecular weight excluding hydrogens is 268 g/mol. The van der Waals surface area contributed by atoms with Crippen LogP contribution in [0.15, 0.2) is 12.1 Å². The quantitative estimate of drug-likeness (QED) is 0.890. The van der Waals surface area contributed by atoms with Gasteiger partial charge in [0.2, 0.25) is 12.7 Å². The van der Waals surface area contributed by atoms with Crippen LogP contribution in [0.4, 0.5) is 5.69 Å². The average molecular weight is 285 g/mol. The molecule has 0 saturated carbocycles. The van der Waals surface area contributed by atoms with Gasteiger partial charge in [0, 0.05) is 18.7 Å². The maximum absolute atomic E-state index is 12.2. The fourth-order valence-corrected chi connectivity index (χ4v) is 1.88. The summed E-state index contributed by atoms with van der Waals surface area (Å²) >= 11 is 6.11. The summed E-state index contributed by atoms with van der Waals surface area (Å²) in [5.74, 6) is 1.00. The Morgan fingerprint density at radius 1 is 1.47 bits per heavy atom. The number of carbonyl (C=O) groups excluding carboxylic acids is 1. The third-order valence-corrected chi connectivity index (χ3v) is 3.80. The first-order chi connectivity index (χ1) is 9.00. The first-order valence-corrected chi connectivity index (χ1v) is 6.48. The van der Waals surface area contributed by atoms with Crippen molar-refractivity contribution >= 4 is 23.2 Å². The van der Waals surface area contributed by atoms with Crippen LogP contribution < -0.4 is 20.5 Å². The van der Waals surface area contributed by atoms with Crippen molar-refractivity contribution < 1.29 is 14.3 Å². The zero-order chi connectivity index (χ0) is 14.0. The molecule has 2 rings (SSSR count). The number of fused-ring (bicyclic) bond motifs is 1. The lowest BCUT2D eigenvalue weighted by molar-refractivity contribution is -0.124. The molecule has 3 N–H and O–H groups in total. The summed E-state index contributed by atoms with van der Waals surface area (Å²) in [5, 5.41) is 3.21. The Labute approximate surface area is 117 Å². The topological polar surface area (TPSA) is 73.6 Å². The zero-order valence-corrected chi connectivity index (χ0v) is 11.7. The van der Waals surface area contributed by atoms with Crippen molar-refractivity contribution in [3.05, 3.63) is 17.2 Å². The molecule has 0 aromatic heterocycles. The molecule has 0 bridgehead atoms. The molecule has 0 spiro atoms. The Morgan fingerprint density at radius 3 is 2.68 bits per heavy atom. The second-order valence-corrected chi connectivity index (χ2v) is 5.16. The number of hydrogen-bond donors (Lipinski definition) is 2. The normalized spacial score (nSPS) is 16.0. The fourth-order valence-electron chi connectivity index (χ4n) is 1.68. The van der Waals surface area contributed by atoms with Crippen LogP contribution in [0.1, 0.15) is 20.3 Å². The fraction of sp³-hybridized carbons (Fsp3) is 0.462. The van der Waals surface area contributed by atoms with Gasteiger partial charge in [0.25, 0.3) is 0 Å². The van der Waals surface area contributed by atoms with Gasteiger partial charge in [-0.05, 0) is 13.3 Å². The van der Waals surface area contributed by atoms with Gasteiger partial charge in [-0.15, -0.1) is 0 Å². The highest BCUT2D eigenvalue weighted by Gasteiger charge is 2.30. The van der Waals surface area contributed by atoms with Gasteiger partial charge in [-0.1, -0.05) is 18.5 Å². The molecule has 1 aliphatic heterocycles. The van der Waals surface area contributed by atoms with Gasteiger partial charge in [0.15, 0.2) is 11.5 Å². The summed E-state index contributed by atoms with van der Waals surface area (Å²) in [6.45, 7) is 4.19. The van der Waals surface area contributed by atoms with Gasteiger partial charge in [0.05, 0.1) is 16.1 Å². The van der Waals surface area contributed by atoms with Crippen LogP contribution in [0.25, 0.3) is 0 Å². The van der Waals surface area contributed by atoms with Crippen molar-refractivity contribution in [2.75, 3.05) is 18.7 Å². The van der Waals surface area contributed by atoms with Crippen LogP contribution in [-0.4, -0.2) is 19.2 Å². The standard InChI is InChI=1S/C13H17ClN2O3/c1-3-13(2,6-15)12(17)16-9-5-11-10(4-8(9)14)18-7-19-11/h4-5H,3,6-7,15H2,1-2H3,(H,16,17). The third-order valence-electron chi connectivity index (χ3n) is 3.49. The van der Waals surface area contributed by atoms with Crippen molar-refractivity contribution in [3.63, 3.8) is 0 Å². The highest BCUT2D eigenvalue weighted by atomic mass is 35.5. The van der Waals surface area contributed by atoms with E-state index in [4.69, 9.17) is 26.8 Å². The molecular formula is C13H17ClN2O3. The zero-order valence-electron chi connectivity index (χ0n) is 11.0. The largest absolute Gasteiger partial charge is 0.454 e. The molecule has 1 heterocycles. The van der Waals surface area contributed by atoms with Crippen molar-refractivity contribution in [1.29, 1.82) is 0 Å². The van der Waals surface area contributed by atoms with E-state index in [9.17, 15) is 4.79 Å². The molecule has 1 unspecified atom stereocenters. The summed E-state index contributed by atoms with van der Waals surface area (Å²) < 4.78 is 10.5. The van der Waals surface area contributed by atoms with Crippen LogP contribution in [-0.2, 0) is 4.79 Å². The highest BCUT2D eigenvalue weighted by molar-refractivity contribution is 6.34. The number of rotatable bonds is 4. The molecule has 6 heteroatoms. The number of amides is 1. The van der Waals surface area contributed by atoms with Crippen LogP contribution >= 0.6 is 11.6 Å². The first-order valence-electron chi connectivity index (χ1n) is 6.11. The Kier molecular flexibility index (Phi) is 3.87. The summed E-state index contributed by atoms with van der Waals surface area (Å²) in [7, 11) is 0. The molecule has 0 saturated heterocycles. The minimum absolute atomic E-state index is 0.154. The minimum atomic E-state index is -0.611. The lowest BCUT2D eigenvalue weighted by Gasteiger charge is -2.25.